The van der Waals surface area contributed by atoms with Crippen molar-refractivity contribution in [3.05, 3.63) is 29.8 Å². The van der Waals surface area contributed by atoms with E-state index in [4.69, 9.17) is 4.74 Å². The molecular weight excluding hydrogens is 345 g/mol. The number of nitrogens with one attached hydrogen (secondary N) is 1. The third-order valence-electron chi connectivity index (χ3n) is 6.22. The lowest BCUT2D eigenvalue weighted by Gasteiger charge is -2.47. The monoisotopic (exact) mass is 368 g/mol. The van der Waals surface area contributed by atoms with Crippen LogP contribution in [0.5, 0.6) is 0 Å². The molecule has 0 aromatic heterocycles. The Morgan fingerprint density at radius 1 is 1.08 bits per heavy atom. The average Bonchev–Trinajstić information content (AvgIpc) is 2.62. The maximum atomic E-state index is 12.9. The number of piperidine rings is 1. The number of carbonyl (C=O) groups excluding carboxylic acids is 1. The molecule has 1 amide bonds. The number of ether oxygens (including phenoxy) is 1. The molecule has 4 rings (SSSR count). The molecule has 1 aromatic carbocycles. The molecule has 3 aliphatic rings. The van der Waals surface area contributed by atoms with E-state index >= 15 is 0 Å². The number of rotatable bonds is 1. The van der Waals surface area contributed by atoms with Gasteiger partial charge in [-0.1, -0.05) is 18.2 Å². The van der Waals surface area contributed by atoms with E-state index in [0.29, 0.717) is 25.7 Å². The first-order valence-electron chi connectivity index (χ1n) is 9.28. The second-order valence-corrected chi connectivity index (χ2v) is 7.64. The summed E-state index contributed by atoms with van der Waals surface area (Å²) in [5.41, 5.74) is 1.18. The van der Waals surface area contributed by atoms with Gasteiger partial charge in [0.1, 0.15) is 5.60 Å². The Labute approximate surface area is 150 Å². The number of hydrogen-bond donors (Lipinski definition) is 1. The summed E-state index contributed by atoms with van der Waals surface area (Å²) in [4.78, 5) is 14.2. The van der Waals surface area contributed by atoms with Gasteiger partial charge in [-0.15, -0.1) is 0 Å². The van der Waals surface area contributed by atoms with Gasteiger partial charge in [-0.25, -0.2) is 4.79 Å². The Bertz CT molecular complexity index is 676. The Morgan fingerprint density at radius 2 is 1.73 bits per heavy atom. The third-order valence-corrected chi connectivity index (χ3v) is 6.22. The molecule has 26 heavy (non-hydrogen) atoms. The van der Waals surface area contributed by atoms with Gasteiger partial charge < -0.3 is 9.64 Å². The lowest BCUT2D eigenvalue weighted by molar-refractivity contribution is -0.185. The number of nitrogens with zero attached hydrogens (tertiary/aromatic N) is 1. The maximum Gasteiger partial charge on any atom is 0.412 e. The molecule has 1 N–H and O–H groups in total. The summed E-state index contributed by atoms with van der Waals surface area (Å²) in [6, 6.07) is 7.89. The summed E-state index contributed by atoms with van der Waals surface area (Å²) in [6.07, 6.45) is -1.51. The van der Waals surface area contributed by atoms with Crippen LogP contribution in [0.3, 0.4) is 0 Å². The van der Waals surface area contributed by atoms with Crippen molar-refractivity contribution in [3.8, 4) is 0 Å². The highest BCUT2D eigenvalue weighted by Gasteiger charge is 2.47. The zero-order valence-corrected chi connectivity index (χ0v) is 14.5. The van der Waals surface area contributed by atoms with Crippen molar-refractivity contribution in [1.29, 1.82) is 0 Å². The molecule has 1 spiro atoms. The summed E-state index contributed by atoms with van der Waals surface area (Å²) in [6.45, 7) is 1.48. The van der Waals surface area contributed by atoms with Gasteiger partial charge in [0.25, 0.3) is 0 Å². The average molecular weight is 368 g/mol. The molecule has 0 radical (unpaired) electrons. The number of likely N-dealkylation sites (tertiary alicyclic amines) is 1. The van der Waals surface area contributed by atoms with E-state index in [1.807, 2.05) is 24.3 Å². The van der Waals surface area contributed by atoms with Crippen LogP contribution in [0.1, 0.15) is 44.1 Å². The van der Waals surface area contributed by atoms with Crippen molar-refractivity contribution in [2.24, 2.45) is 5.92 Å². The molecule has 2 aliphatic heterocycles. The van der Waals surface area contributed by atoms with Crippen LogP contribution in [-0.2, 0) is 10.3 Å². The Balaban J connectivity index is 1.42. The Morgan fingerprint density at radius 3 is 2.38 bits per heavy atom. The zero-order chi connectivity index (χ0) is 18.4. The number of carbonyl (C=O) groups is 1. The first-order valence-corrected chi connectivity index (χ1v) is 9.28. The lowest BCUT2D eigenvalue weighted by Crippen LogP contribution is -2.51. The number of para-hydroxylation sites is 1. The fraction of sp³-hybridized carbons (Fsp3) is 0.632. The standard InChI is InChI=1S/C19H23F3N2O2/c20-19(21,22)13-5-7-14(8-6-13)24-11-9-18(10-12-24)15-3-1-2-4-16(15)23-17(25)26-18/h1-4,13-14H,5-12H2,(H,23,25). The van der Waals surface area contributed by atoms with Gasteiger partial charge >= 0.3 is 12.3 Å². The minimum Gasteiger partial charge on any atom is -0.438 e. The van der Waals surface area contributed by atoms with E-state index in [1.54, 1.807) is 0 Å². The maximum absolute atomic E-state index is 12.9. The van der Waals surface area contributed by atoms with Gasteiger partial charge in [0.05, 0.1) is 11.6 Å². The molecule has 4 nitrogen and oxygen atoms in total. The molecule has 1 aliphatic carbocycles. The summed E-state index contributed by atoms with van der Waals surface area (Å²) in [5, 5.41) is 2.74. The molecule has 0 bridgehead atoms. The smallest absolute Gasteiger partial charge is 0.412 e. The van der Waals surface area contributed by atoms with Gasteiger partial charge in [-0.3, -0.25) is 5.32 Å². The van der Waals surface area contributed by atoms with Crippen molar-refractivity contribution in [2.75, 3.05) is 18.4 Å². The van der Waals surface area contributed by atoms with Crippen molar-refractivity contribution in [3.63, 3.8) is 0 Å². The van der Waals surface area contributed by atoms with Crippen LogP contribution in [0.25, 0.3) is 0 Å². The van der Waals surface area contributed by atoms with Gasteiger partial charge in [0.2, 0.25) is 0 Å². The van der Waals surface area contributed by atoms with Crippen LogP contribution in [-0.4, -0.2) is 36.3 Å². The Kier molecular flexibility index (Phi) is 4.37. The van der Waals surface area contributed by atoms with Gasteiger partial charge in [0.15, 0.2) is 0 Å². The number of halogens is 3. The quantitative estimate of drug-likeness (QED) is 0.784. The fourth-order valence-corrected chi connectivity index (χ4v) is 4.75. The highest BCUT2D eigenvalue weighted by Crippen LogP contribution is 2.45. The lowest BCUT2D eigenvalue weighted by atomic mass is 9.80. The van der Waals surface area contributed by atoms with E-state index in [-0.39, 0.29) is 18.9 Å². The number of amides is 1. The molecule has 2 heterocycles. The van der Waals surface area contributed by atoms with Gasteiger partial charge in [-0.2, -0.15) is 13.2 Å². The highest BCUT2D eigenvalue weighted by molar-refractivity contribution is 5.88. The van der Waals surface area contributed by atoms with Crippen LogP contribution in [0.4, 0.5) is 23.7 Å². The van der Waals surface area contributed by atoms with E-state index in [0.717, 1.165) is 24.3 Å². The van der Waals surface area contributed by atoms with E-state index in [1.165, 1.54) is 0 Å². The number of benzene rings is 1. The summed E-state index contributed by atoms with van der Waals surface area (Å²) >= 11 is 0. The summed E-state index contributed by atoms with van der Waals surface area (Å²) in [5.74, 6) is -1.15. The van der Waals surface area contributed by atoms with Crippen molar-refractivity contribution >= 4 is 11.8 Å². The number of fused-ring (bicyclic) bond motifs is 2. The molecule has 142 valence electrons. The minimum atomic E-state index is -4.07. The predicted octanol–water partition coefficient (Wildman–Crippen LogP) is 4.66. The van der Waals surface area contributed by atoms with Crippen molar-refractivity contribution < 1.29 is 22.7 Å². The second-order valence-electron chi connectivity index (χ2n) is 7.64. The Hall–Kier alpha value is -1.76. The van der Waals surface area contributed by atoms with Crippen LogP contribution in [0, 0.1) is 5.92 Å². The predicted molar refractivity (Wildman–Crippen MR) is 90.8 cm³/mol. The molecule has 0 unspecified atom stereocenters. The van der Waals surface area contributed by atoms with Gasteiger partial charge in [0, 0.05) is 37.5 Å². The van der Waals surface area contributed by atoms with Crippen molar-refractivity contribution in [1.82, 2.24) is 4.90 Å². The minimum absolute atomic E-state index is 0.207. The summed E-state index contributed by atoms with van der Waals surface area (Å²) in [7, 11) is 0. The topological polar surface area (TPSA) is 41.6 Å². The fourth-order valence-electron chi connectivity index (χ4n) is 4.75. The van der Waals surface area contributed by atoms with E-state index in [9.17, 15) is 18.0 Å². The van der Waals surface area contributed by atoms with E-state index in [2.05, 4.69) is 10.2 Å². The molecule has 7 heteroatoms. The second kappa shape index (κ2) is 6.44. The van der Waals surface area contributed by atoms with Crippen LogP contribution < -0.4 is 5.32 Å². The molecule has 1 saturated carbocycles. The third kappa shape index (κ3) is 3.17. The van der Waals surface area contributed by atoms with Crippen LogP contribution >= 0.6 is 0 Å². The number of anilines is 1. The highest BCUT2D eigenvalue weighted by atomic mass is 19.4. The first-order chi connectivity index (χ1) is 12.4. The molecular formula is C19H23F3N2O2. The molecule has 1 aromatic rings. The number of hydrogen-bond acceptors (Lipinski definition) is 3. The largest absolute Gasteiger partial charge is 0.438 e. The molecule has 2 fully saturated rings. The molecule has 0 atom stereocenters. The SMILES string of the molecule is O=C1Nc2ccccc2C2(CCN(C3CCC(C(F)(F)F)CC3)CC2)O1. The normalized spacial score (nSPS) is 29.0. The number of alkyl halides is 3. The summed E-state index contributed by atoms with van der Waals surface area (Å²) < 4.78 is 44.3. The van der Waals surface area contributed by atoms with Gasteiger partial charge in [-0.05, 0) is 31.7 Å². The van der Waals surface area contributed by atoms with E-state index < -0.39 is 23.8 Å². The van der Waals surface area contributed by atoms with Crippen LogP contribution in [0.2, 0.25) is 0 Å². The molecule has 1 saturated heterocycles. The van der Waals surface area contributed by atoms with Crippen molar-refractivity contribution in [2.45, 2.75) is 56.3 Å². The first kappa shape index (κ1) is 17.6. The zero-order valence-electron chi connectivity index (χ0n) is 14.5. The van der Waals surface area contributed by atoms with Crippen LogP contribution in [0.15, 0.2) is 24.3 Å².